The van der Waals surface area contributed by atoms with Crippen molar-refractivity contribution in [3.8, 4) is 0 Å². The van der Waals surface area contributed by atoms with Crippen LogP contribution < -0.4 is 5.14 Å². The summed E-state index contributed by atoms with van der Waals surface area (Å²) in [5, 5.41) is 6.71. The molecule has 6 nitrogen and oxygen atoms in total. The van der Waals surface area contributed by atoms with Crippen molar-refractivity contribution in [1.29, 1.82) is 0 Å². The van der Waals surface area contributed by atoms with Crippen LogP contribution >= 0.6 is 11.3 Å². The summed E-state index contributed by atoms with van der Waals surface area (Å²) in [5.74, 6) is -0.654. The number of benzene rings is 1. The molecule has 0 radical (unpaired) electrons. The van der Waals surface area contributed by atoms with Gasteiger partial charge in [-0.3, -0.25) is 9.59 Å². The van der Waals surface area contributed by atoms with E-state index in [1.807, 2.05) is 18.2 Å². The van der Waals surface area contributed by atoms with Crippen LogP contribution in [-0.4, -0.2) is 38.1 Å². The molecule has 0 bridgehead atoms. The molecule has 2 N–H and O–H groups in total. The third-order valence-electron chi connectivity index (χ3n) is 4.27. The van der Waals surface area contributed by atoms with Crippen LogP contribution in [-0.2, 0) is 10.0 Å². The molecule has 1 aliphatic heterocycles. The Bertz CT molecular complexity index is 890. The van der Waals surface area contributed by atoms with Crippen LogP contribution in [0.5, 0.6) is 0 Å². The van der Waals surface area contributed by atoms with E-state index in [0.29, 0.717) is 24.9 Å². The Morgan fingerprint density at radius 1 is 1.16 bits per heavy atom. The molecular formula is C17H18N2O4S2. The molecule has 1 aromatic heterocycles. The van der Waals surface area contributed by atoms with Crippen LogP contribution in [0, 0.1) is 5.92 Å². The predicted molar refractivity (Wildman–Crippen MR) is 95.1 cm³/mol. The van der Waals surface area contributed by atoms with Crippen molar-refractivity contribution in [2.75, 3.05) is 13.1 Å². The minimum absolute atomic E-state index is 0.0101. The number of primary sulfonamides is 1. The SMILES string of the molecule is NS(=O)(=O)c1ccsc1C(=O)N1CCC[C@@H](C(=O)c2ccccc2)C1. The van der Waals surface area contributed by atoms with Gasteiger partial charge < -0.3 is 4.90 Å². The van der Waals surface area contributed by atoms with Gasteiger partial charge in [-0.25, -0.2) is 13.6 Å². The van der Waals surface area contributed by atoms with Gasteiger partial charge in [0.1, 0.15) is 9.77 Å². The Kier molecular flexibility index (Phi) is 5.03. The Morgan fingerprint density at radius 2 is 1.88 bits per heavy atom. The van der Waals surface area contributed by atoms with E-state index in [4.69, 9.17) is 5.14 Å². The van der Waals surface area contributed by atoms with Crippen LogP contribution in [0.1, 0.15) is 32.9 Å². The molecule has 1 amide bonds. The third kappa shape index (κ3) is 3.81. The summed E-state index contributed by atoms with van der Waals surface area (Å²) in [5.41, 5.74) is 0.628. The van der Waals surface area contributed by atoms with E-state index >= 15 is 0 Å². The lowest BCUT2D eigenvalue weighted by Gasteiger charge is -2.32. The van der Waals surface area contributed by atoms with Gasteiger partial charge in [-0.05, 0) is 24.3 Å². The molecule has 0 saturated carbocycles. The van der Waals surface area contributed by atoms with Gasteiger partial charge in [-0.15, -0.1) is 11.3 Å². The van der Waals surface area contributed by atoms with E-state index in [0.717, 1.165) is 11.3 Å². The van der Waals surface area contributed by atoms with Crippen molar-refractivity contribution in [2.24, 2.45) is 11.1 Å². The molecule has 2 heterocycles. The van der Waals surface area contributed by atoms with E-state index < -0.39 is 10.0 Å². The van der Waals surface area contributed by atoms with Crippen molar-refractivity contribution in [1.82, 2.24) is 4.90 Å². The minimum atomic E-state index is -3.95. The second kappa shape index (κ2) is 7.07. The summed E-state index contributed by atoms with van der Waals surface area (Å²) in [6, 6.07) is 10.3. The zero-order chi connectivity index (χ0) is 18.0. The topological polar surface area (TPSA) is 97.5 Å². The Morgan fingerprint density at radius 3 is 2.56 bits per heavy atom. The second-order valence-electron chi connectivity index (χ2n) is 5.98. The maximum absolute atomic E-state index is 12.7. The van der Waals surface area contributed by atoms with Gasteiger partial charge >= 0.3 is 0 Å². The Balaban J connectivity index is 1.79. The smallest absolute Gasteiger partial charge is 0.265 e. The zero-order valence-corrected chi connectivity index (χ0v) is 15.1. The number of sulfonamides is 1. The summed E-state index contributed by atoms with van der Waals surface area (Å²) >= 11 is 1.05. The summed E-state index contributed by atoms with van der Waals surface area (Å²) in [7, 11) is -3.95. The molecule has 1 atom stereocenters. The zero-order valence-electron chi connectivity index (χ0n) is 13.4. The van der Waals surface area contributed by atoms with E-state index in [2.05, 4.69) is 0 Å². The number of carbonyl (C=O) groups is 2. The van der Waals surface area contributed by atoms with Crippen LogP contribution in [0.2, 0.25) is 0 Å². The maximum Gasteiger partial charge on any atom is 0.265 e. The van der Waals surface area contributed by atoms with Gasteiger partial charge in [-0.1, -0.05) is 30.3 Å². The molecule has 0 unspecified atom stereocenters. The van der Waals surface area contributed by atoms with Gasteiger partial charge in [0.2, 0.25) is 10.0 Å². The number of nitrogens with two attached hydrogens (primary N) is 1. The lowest BCUT2D eigenvalue weighted by molar-refractivity contribution is 0.0638. The lowest BCUT2D eigenvalue weighted by atomic mass is 9.90. The molecule has 1 aliphatic rings. The van der Waals surface area contributed by atoms with E-state index in [1.165, 1.54) is 11.4 Å². The average molecular weight is 378 g/mol. The monoisotopic (exact) mass is 378 g/mol. The third-order valence-corrected chi connectivity index (χ3v) is 6.25. The number of piperidine rings is 1. The summed E-state index contributed by atoms with van der Waals surface area (Å²) in [6.45, 7) is 0.786. The first-order chi connectivity index (χ1) is 11.9. The van der Waals surface area contributed by atoms with Crippen molar-refractivity contribution in [3.63, 3.8) is 0 Å². The number of amides is 1. The summed E-state index contributed by atoms with van der Waals surface area (Å²) in [4.78, 5) is 26.9. The van der Waals surface area contributed by atoms with Crippen molar-refractivity contribution in [2.45, 2.75) is 17.7 Å². The van der Waals surface area contributed by atoms with Gasteiger partial charge in [-0.2, -0.15) is 0 Å². The first-order valence-electron chi connectivity index (χ1n) is 7.87. The standard InChI is InChI=1S/C17H18N2O4S2/c18-25(22,23)14-8-10-24-16(14)17(21)19-9-4-7-13(11-19)15(20)12-5-2-1-3-6-12/h1-3,5-6,8,10,13H,4,7,9,11H2,(H2,18,22,23)/t13-/m1/s1. The molecule has 2 aromatic rings. The Labute approximate surface area is 150 Å². The second-order valence-corrected chi connectivity index (χ2v) is 8.43. The molecule has 0 aliphatic carbocycles. The molecule has 25 heavy (non-hydrogen) atoms. The first kappa shape index (κ1) is 17.8. The molecule has 0 spiro atoms. The highest BCUT2D eigenvalue weighted by Crippen LogP contribution is 2.26. The lowest BCUT2D eigenvalue weighted by Crippen LogP contribution is -2.42. The number of thiophene rings is 1. The maximum atomic E-state index is 12.7. The molecule has 1 saturated heterocycles. The van der Waals surface area contributed by atoms with Gasteiger partial charge in [0.15, 0.2) is 5.78 Å². The number of ketones is 1. The van der Waals surface area contributed by atoms with Gasteiger partial charge in [0.25, 0.3) is 5.91 Å². The number of nitrogens with zero attached hydrogens (tertiary/aromatic N) is 1. The normalized spacial score (nSPS) is 18.1. The number of hydrogen-bond donors (Lipinski definition) is 1. The number of carbonyl (C=O) groups excluding carboxylic acids is 2. The molecule has 8 heteroatoms. The van der Waals surface area contributed by atoms with Crippen LogP contribution in [0.15, 0.2) is 46.7 Å². The fourth-order valence-electron chi connectivity index (χ4n) is 3.03. The van der Waals surface area contributed by atoms with Crippen LogP contribution in [0.25, 0.3) is 0 Å². The summed E-state index contributed by atoms with van der Waals surface area (Å²) < 4.78 is 23.2. The fourth-order valence-corrected chi connectivity index (χ4v) is 4.97. The average Bonchev–Trinajstić information content (AvgIpc) is 3.11. The predicted octanol–water partition coefficient (Wildman–Crippen LogP) is 2.13. The quantitative estimate of drug-likeness (QED) is 0.824. The fraction of sp³-hybridized carbons (Fsp3) is 0.294. The van der Waals surface area contributed by atoms with Gasteiger partial charge in [0, 0.05) is 24.6 Å². The molecule has 3 rings (SSSR count). The number of rotatable bonds is 4. The van der Waals surface area contributed by atoms with Crippen LogP contribution in [0.3, 0.4) is 0 Å². The van der Waals surface area contributed by atoms with E-state index in [-0.39, 0.29) is 33.9 Å². The first-order valence-corrected chi connectivity index (χ1v) is 10.3. The number of likely N-dealkylation sites (tertiary alicyclic amines) is 1. The minimum Gasteiger partial charge on any atom is -0.337 e. The van der Waals surface area contributed by atoms with Crippen molar-refractivity contribution in [3.05, 3.63) is 52.2 Å². The van der Waals surface area contributed by atoms with Crippen molar-refractivity contribution >= 4 is 33.1 Å². The number of Topliss-reactive ketones (excluding diaryl/α,β-unsaturated/α-hetero) is 1. The highest BCUT2D eigenvalue weighted by atomic mass is 32.2. The molecule has 1 fully saturated rings. The number of hydrogen-bond acceptors (Lipinski definition) is 5. The van der Waals surface area contributed by atoms with E-state index in [1.54, 1.807) is 17.0 Å². The molecule has 132 valence electrons. The van der Waals surface area contributed by atoms with Crippen LogP contribution in [0.4, 0.5) is 0 Å². The molecule has 1 aromatic carbocycles. The largest absolute Gasteiger partial charge is 0.337 e. The highest BCUT2D eigenvalue weighted by molar-refractivity contribution is 7.89. The van der Waals surface area contributed by atoms with Crippen molar-refractivity contribution < 1.29 is 18.0 Å². The highest BCUT2D eigenvalue weighted by Gasteiger charge is 2.32. The Hall–Kier alpha value is -2.03. The van der Waals surface area contributed by atoms with Gasteiger partial charge in [0.05, 0.1) is 0 Å². The van der Waals surface area contributed by atoms with E-state index in [9.17, 15) is 18.0 Å². The summed E-state index contributed by atoms with van der Waals surface area (Å²) in [6.07, 6.45) is 1.41. The molecular weight excluding hydrogens is 360 g/mol.